The number of benzene rings is 5. The van der Waals surface area contributed by atoms with E-state index in [4.69, 9.17) is 0 Å². The van der Waals surface area contributed by atoms with Gasteiger partial charge >= 0.3 is 0 Å². The van der Waals surface area contributed by atoms with E-state index in [0.717, 1.165) is 0 Å². The molecule has 6 aromatic rings. The summed E-state index contributed by atoms with van der Waals surface area (Å²) in [6.45, 7) is 9.52. The van der Waals surface area contributed by atoms with Crippen molar-refractivity contribution in [2.75, 3.05) is 0 Å². The Morgan fingerprint density at radius 1 is 0.486 bits per heavy atom. The molecule has 1 aromatic heterocycles. The van der Waals surface area contributed by atoms with Gasteiger partial charge in [0.1, 0.15) is 0 Å². The van der Waals surface area contributed by atoms with Crippen LogP contribution >= 0.6 is 0 Å². The summed E-state index contributed by atoms with van der Waals surface area (Å²) < 4.78 is 2.58. The molecule has 8 rings (SSSR count). The minimum atomic E-state index is -0.0906. The fourth-order valence-corrected chi connectivity index (χ4v) is 7.48. The monoisotopic (exact) mass is 475 g/mol. The number of para-hydroxylation sites is 1. The number of hydrogen-bond acceptors (Lipinski definition) is 0. The Labute approximate surface area is 218 Å². The molecule has 1 nitrogen and oxygen atoms in total. The Morgan fingerprint density at radius 3 is 1.95 bits per heavy atom. The highest BCUT2D eigenvalue weighted by Gasteiger charge is 2.40. The van der Waals surface area contributed by atoms with Crippen LogP contribution in [0.5, 0.6) is 0 Å². The lowest BCUT2D eigenvalue weighted by atomic mass is 9.81. The summed E-state index contributed by atoms with van der Waals surface area (Å²) in [6, 6.07) is 38.5. The van der Waals surface area contributed by atoms with E-state index in [9.17, 15) is 0 Å². The van der Waals surface area contributed by atoms with E-state index < -0.39 is 0 Å². The van der Waals surface area contributed by atoms with Gasteiger partial charge in [-0.05, 0) is 51.1 Å². The number of fused-ring (bicyclic) bond motifs is 10. The molecule has 0 radical (unpaired) electrons. The van der Waals surface area contributed by atoms with Gasteiger partial charge in [0.15, 0.2) is 0 Å². The Morgan fingerprint density at radius 2 is 1.14 bits per heavy atom. The van der Waals surface area contributed by atoms with Crippen molar-refractivity contribution in [3.63, 3.8) is 0 Å². The molecule has 0 amide bonds. The van der Waals surface area contributed by atoms with Crippen LogP contribution in [0.1, 0.15) is 49.9 Å². The predicted molar refractivity (Wildman–Crippen MR) is 156 cm³/mol. The van der Waals surface area contributed by atoms with Crippen molar-refractivity contribution in [1.82, 2.24) is 4.57 Å². The first-order valence-electron chi connectivity index (χ1n) is 13.3. The summed E-state index contributed by atoms with van der Waals surface area (Å²) in [5, 5.41) is 2.65. The van der Waals surface area contributed by atoms with E-state index in [1.54, 1.807) is 0 Å². The maximum Gasteiger partial charge on any atom is 0.0588 e. The smallest absolute Gasteiger partial charge is 0.0588 e. The van der Waals surface area contributed by atoms with Gasteiger partial charge in [-0.2, -0.15) is 0 Å². The van der Waals surface area contributed by atoms with Gasteiger partial charge in [-0.25, -0.2) is 0 Å². The predicted octanol–water partition coefficient (Wildman–Crippen LogP) is 9.40. The molecule has 0 aliphatic heterocycles. The third-order valence-electron chi connectivity index (χ3n) is 9.18. The Balaban J connectivity index is 1.58. The first-order valence-corrected chi connectivity index (χ1v) is 13.3. The quantitative estimate of drug-likeness (QED) is 0.223. The van der Waals surface area contributed by atoms with Crippen LogP contribution in [0.2, 0.25) is 0 Å². The summed E-state index contributed by atoms with van der Waals surface area (Å²) in [5.41, 5.74) is 14.9. The van der Waals surface area contributed by atoms with E-state index in [-0.39, 0.29) is 10.8 Å². The Hall–Kier alpha value is -4.10. The van der Waals surface area contributed by atoms with Crippen LogP contribution in [0.3, 0.4) is 0 Å². The van der Waals surface area contributed by atoms with Crippen LogP contribution in [0, 0.1) is 0 Å². The van der Waals surface area contributed by atoms with Gasteiger partial charge in [-0.1, -0.05) is 119 Å². The molecule has 178 valence electrons. The minimum Gasteiger partial charge on any atom is -0.308 e. The standard InChI is InChI=1S/C36H29N/c1-35(2)28-16-9-6-14-26(28)32-29(35)17-11-19-31(32)37-30-18-10-7-13-23(30)25-21-20-24-22-12-5-8-15-27(22)36(3,4)33(24)34(25)37/h5-21H,1-4H3. The van der Waals surface area contributed by atoms with Crippen molar-refractivity contribution in [2.24, 2.45) is 0 Å². The minimum absolute atomic E-state index is 0.0296. The maximum absolute atomic E-state index is 2.58. The third-order valence-corrected chi connectivity index (χ3v) is 9.18. The van der Waals surface area contributed by atoms with Gasteiger partial charge in [0.05, 0.1) is 16.7 Å². The molecule has 0 spiro atoms. The van der Waals surface area contributed by atoms with Gasteiger partial charge in [0.2, 0.25) is 0 Å². The molecule has 0 unspecified atom stereocenters. The number of nitrogens with zero attached hydrogens (tertiary/aromatic N) is 1. The summed E-state index contributed by atoms with van der Waals surface area (Å²) in [7, 11) is 0. The summed E-state index contributed by atoms with van der Waals surface area (Å²) in [6.07, 6.45) is 0. The van der Waals surface area contributed by atoms with Crippen molar-refractivity contribution in [1.29, 1.82) is 0 Å². The van der Waals surface area contributed by atoms with E-state index in [1.807, 2.05) is 0 Å². The summed E-state index contributed by atoms with van der Waals surface area (Å²) in [5.74, 6) is 0. The molecule has 5 aromatic carbocycles. The van der Waals surface area contributed by atoms with Gasteiger partial charge in [0.25, 0.3) is 0 Å². The van der Waals surface area contributed by atoms with Crippen LogP contribution in [0.4, 0.5) is 0 Å². The Kier molecular flexibility index (Phi) is 3.87. The lowest BCUT2D eigenvalue weighted by Gasteiger charge is -2.25. The van der Waals surface area contributed by atoms with Crippen LogP contribution in [-0.4, -0.2) is 4.57 Å². The summed E-state index contributed by atoms with van der Waals surface area (Å²) in [4.78, 5) is 0. The zero-order chi connectivity index (χ0) is 25.1. The zero-order valence-electron chi connectivity index (χ0n) is 21.8. The average Bonchev–Trinajstić information content (AvgIpc) is 3.46. The van der Waals surface area contributed by atoms with Crippen molar-refractivity contribution in [3.05, 3.63) is 125 Å². The van der Waals surface area contributed by atoms with E-state index >= 15 is 0 Å². The van der Waals surface area contributed by atoms with Crippen LogP contribution < -0.4 is 0 Å². The fourth-order valence-electron chi connectivity index (χ4n) is 7.48. The van der Waals surface area contributed by atoms with Crippen LogP contribution in [-0.2, 0) is 10.8 Å². The second-order valence-corrected chi connectivity index (χ2v) is 11.8. The highest BCUT2D eigenvalue weighted by Crippen LogP contribution is 2.55. The normalized spacial score (nSPS) is 16.0. The first-order chi connectivity index (χ1) is 17.9. The van der Waals surface area contributed by atoms with Gasteiger partial charge in [-0.3, -0.25) is 0 Å². The lowest BCUT2D eigenvalue weighted by Crippen LogP contribution is -2.17. The molecular formula is C36H29N. The van der Waals surface area contributed by atoms with Crippen molar-refractivity contribution >= 4 is 21.8 Å². The Bertz CT molecular complexity index is 1930. The second kappa shape index (κ2) is 6.81. The molecule has 37 heavy (non-hydrogen) atoms. The van der Waals surface area contributed by atoms with E-state index in [2.05, 4.69) is 135 Å². The molecular weight excluding hydrogens is 446 g/mol. The van der Waals surface area contributed by atoms with Gasteiger partial charge < -0.3 is 4.57 Å². The number of aromatic nitrogens is 1. The number of rotatable bonds is 1. The van der Waals surface area contributed by atoms with E-state index in [0.29, 0.717) is 0 Å². The van der Waals surface area contributed by atoms with Crippen molar-refractivity contribution < 1.29 is 0 Å². The lowest BCUT2D eigenvalue weighted by molar-refractivity contribution is 0.659. The topological polar surface area (TPSA) is 4.93 Å². The highest BCUT2D eigenvalue weighted by molar-refractivity contribution is 6.13. The largest absolute Gasteiger partial charge is 0.308 e. The maximum atomic E-state index is 2.58. The molecule has 0 saturated carbocycles. The second-order valence-electron chi connectivity index (χ2n) is 11.8. The van der Waals surface area contributed by atoms with Crippen LogP contribution in [0.25, 0.3) is 49.7 Å². The molecule has 1 heterocycles. The van der Waals surface area contributed by atoms with Crippen molar-refractivity contribution in [3.8, 4) is 27.9 Å². The fraction of sp³-hybridized carbons (Fsp3) is 0.167. The third kappa shape index (κ3) is 2.45. The molecule has 1 heteroatoms. The number of hydrogen-bond donors (Lipinski definition) is 0. The molecule has 0 saturated heterocycles. The molecule has 0 atom stereocenters. The highest BCUT2D eigenvalue weighted by atomic mass is 15.0. The van der Waals surface area contributed by atoms with Crippen LogP contribution in [0.15, 0.2) is 103 Å². The van der Waals surface area contributed by atoms with Gasteiger partial charge in [0, 0.05) is 27.2 Å². The molecule has 2 aliphatic rings. The van der Waals surface area contributed by atoms with E-state index in [1.165, 1.54) is 72.0 Å². The molecule has 2 aliphatic carbocycles. The first kappa shape index (κ1) is 21.0. The van der Waals surface area contributed by atoms with Gasteiger partial charge in [-0.15, -0.1) is 0 Å². The molecule has 0 fully saturated rings. The molecule has 0 N–H and O–H groups in total. The average molecular weight is 476 g/mol. The zero-order valence-corrected chi connectivity index (χ0v) is 21.8. The SMILES string of the molecule is CC1(C)c2ccccc2-c2c(-n3c4ccccc4c4ccc5c(c43)C(C)(C)c3ccccc3-5)cccc21. The summed E-state index contributed by atoms with van der Waals surface area (Å²) >= 11 is 0. The molecule has 0 bridgehead atoms. The van der Waals surface area contributed by atoms with Crippen molar-refractivity contribution in [2.45, 2.75) is 38.5 Å².